The molecule has 2 saturated heterocycles. The molecule has 3 rings (SSSR count). The minimum Gasteiger partial charge on any atom is -0.232 e. The molecule has 96 valence electrons. The topological polar surface area (TPSA) is 54.1 Å². The summed E-state index contributed by atoms with van der Waals surface area (Å²) >= 11 is 0. The SMILES string of the molecule is Cc1ccc([C@@H]2[C@@H](C#N)[C@H](C#N)N3CCCN23)cc1. The van der Waals surface area contributed by atoms with Crippen LogP contribution in [-0.2, 0) is 0 Å². The Kier molecular flexibility index (Phi) is 2.98. The number of nitrogens with zero attached hydrogens (tertiary/aromatic N) is 4. The van der Waals surface area contributed by atoms with Gasteiger partial charge in [0, 0.05) is 13.1 Å². The van der Waals surface area contributed by atoms with Crippen LogP contribution in [0.4, 0.5) is 0 Å². The summed E-state index contributed by atoms with van der Waals surface area (Å²) in [5.41, 5.74) is 2.35. The zero-order chi connectivity index (χ0) is 13.4. The van der Waals surface area contributed by atoms with Crippen molar-refractivity contribution in [3.8, 4) is 12.1 Å². The van der Waals surface area contributed by atoms with Crippen LogP contribution < -0.4 is 0 Å². The molecule has 19 heavy (non-hydrogen) atoms. The fourth-order valence-electron chi connectivity index (χ4n) is 3.22. The second-order valence-electron chi connectivity index (χ2n) is 5.26. The van der Waals surface area contributed by atoms with Crippen LogP contribution in [0, 0.1) is 35.5 Å². The van der Waals surface area contributed by atoms with Gasteiger partial charge in [0.15, 0.2) is 0 Å². The molecular weight excluding hydrogens is 236 g/mol. The molecule has 2 fully saturated rings. The van der Waals surface area contributed by atoms with Gasteiger partial charge in [-0.3, -0.25) is 0 Å². The monoisotopic (exact) mass is 252 g/mol. The quantitative estimate of drug-likeness (QED) is 0.767. The maximum Gasteiger partial charge on any atom is 0.129 e. The molecule has 0 radical (unpaired) electrons. The lowest BCUT2D eigenvalue weighted by atomic mass is 9.90. The predicted octanol–water partition coefficient (Wildman–Crippen LogP) is 2.00. The van der Waals surface area contributed by atoms with E-state index in [1.165, 1.54) is 5.56 Å². The molecule has 0 unspecified atom stereocenters. The summed E-state index contributed by atoms with van der Waals surface area (Å²) in [6, 6.07) is 12.7. The molecule has 1 aromatic rings. The van der Waals surface area contributed by atoms with E-state index in [9.17, 15) is 10.5 Å². The van der Waals surface area contributed by atoms with Crippen molar-refractivity contribution in [2.75, 3.05) is 13.1 Å². The Morgan fingerprint density at radius 3 is 2.37 bits per heavy atom. The zero-order valence-corrected chi connectivity index (χ0v) is 11.0. The van der Waals surface area contributed by atoms with Gasteiger partial charge in [-0.05, 0) is 18.9 Å². The van der Waals surface area contributed by atoms with Gasteiger partial charge in [0.1, 0.15) is 6.04 Å². The van der Waals surface area contributed by atoms with Gasteiger partial charge in [0.05, 0.1) is 24.1 Å². The van der Waals surface area contributed by atoms with E-state index in [4.69, 9.17) is 0 Å². The first-order valence-electron chi connectivity index (χ1n) is 6.65. The van der Waals surface area contributed by atoms with Crippen molar-refractivity contribution < 1.29 is 0 Å². The summed E-state index contributed by atoms with van der Waals surface area (Å²) < 4.78 is 0. The lowest BCUT2D eigenvalue weighted by Crippen LogP contribution is -2.35. The molecule has 2 aliphatic heterocycles. The van der Waals surface area contributed by atoms with Crippen molar-refractivity contribution in [3.63, 3.8) is 0 Å². The second kappa shape index (κ2) is 4.66. The maximum absolute atomic E-state index is 9.45. The third-order valence-corrected chi connectivity index (χ3v) is 4.13. The number of nitriles is 2. The standard InChI is InChI=1S/C15H16N4/c1-11-3-5-12(6-4-11)15-13(9-16)14(10-17)18-7-2-8-19(15)18/h3-6,13-15H,2,7-8H2,1H3/t13-,14-,15+/m0/s1. The molecule has 2 heterocycles. The normalized spacial score (nSPS) is 30.8. The highest BCUT2D eigenvalue weighted by Crippen LogP contribution is 2.43. The first kappa shape index (κ1) is 12.2. The van der Waals surface area contributed by atoms with Gasteiger partial charge in [-0.15, -0.1) is 0 Å². The van der Waals surface area contributed by atoms with E-state index in [0.717, 1.165) is 25.1 Å². The number of aryl methyl sites for hydroxylation is 1. The minimum absolute atomic E-state index is 0.0257. The van der Waals surface area contributed by atoms with Crippen LogP contribution in [0.15, 0.2) is 24.3 Å². The molecule has 1 aromatic carbocycles. The molecule has 2 aliphatic rings. The Morgan fingerprint density at radius 2 is 1.74 bits per heavy atom. The van der Waals surface area contributed by atoms with Gasteiger partial charge in [-0.2, -0.15) is 10.5 Å². The number of hydrogen-bond donors (Lipinski definition) is 0. The summed E-state index contributed by atoms with van der Waals surface area (Å²) in [5, 5.41) is 23.1. The summed E-state index contributed by atoms with van der Waals surface area (Å²) in [7, 11) is 0. The van der Waals surface area contributed by atoms with Gasteiger partial charge in [0.25, 0.3) is 0 Å². The van der Waals surface area contributed by atoms with Crippen molar-refractivity contribution in [1.29, 1.82) is 10.5 Å². The zero-order valence-electron chi connectivity index (χ0n) is 11.0. The van der Waals surface area contributed by atoms with Crippen LogP contribution in [0.3, 0.4) is 0 Å². The number of hydrazine groups is 1. The molecule has 0 aromatic heterocycles. The van der Waals surface area contributed by atoms with Crippen LogP contribution in [-0.4, -0.2) is 29.1 Å². The average molecular weight is 252 g/mol. The van der Waals surface area contributed by atoms with Crippen molar-refractivity contribution in [2.24, 2.45) is 5.92 Å². The number of hydrogen-bond acceptors (Lipinski definition) is 4. The van der Waals surface area contributed by atoms with Crippen LogP contribution in [0.2, 0.25) is 0 Å². The van der Waals surface area contributed by atoms with Gasteiger partial charge in [-0.1, -0.05) is 29.8 Å². The van der Waals surface area contributed by atoms with Crippen molar-refractivity contribution in [3.05, 3.63) is 35.4 Å². The predicted molar refractivity (Wildman–Crippen MR) is 70.5 cm³/mol. The molecule has 3 atom stereocenters. The minimum atomic E-state index is -0.307. The first-order chi connectivity index (χ1) is 9.26. The fourth-order valence-corrected chi connectivity index (χ4v) is 3.22. The van der Waals surface area contributed by atoms with E-state index in [2.05, 4.69) is 53.3 Å². The van der Waals surface area contributed by atoms with E-state index in [1.807, 2.05) is 0 Å². The van der Waals surface area contributed by atoms with Crippen LogP contribution in [0.1, 0.15) is 23.6 Å². The van der Waals surface area contributed by atoms with Crippen molar-refractivity contribution in [1.82, 2.24) is 10.0 Å². The Labute approximate surface area is 113 Å². The first-order valence-corrected chi connectivity index (χ1v) is 6.65. The van der Waals surface area contributed by atoms with E-state index in [0.29, 0.717) is 0 Å². The third kappa shape index (κ3) is 1.81. The summed E-state index contributed by atoms with van der Waals surface area (Å²) in [6.45, 7) is 3.88. The summed E-state index contributed by atoms with van der Waals surface area (Å²) in [4.78, 5) is 0. The highest BCUT2D eigenvalue weighted by molar-refractivity contribution is 5.29. The smallest absolute Gasteiger partial charge is 0.129 e. The highest BCUT2D eigenvalue weighted by atomic mass is 15.7. The maximum atomic E-state index is 9.45. The van der Waals surface area contributed by atoms with Gasteiger partial charge >= 0.3 is 0 Å². The van der Waals surface area contributed by atoms with Crippen LogP contribution >= 0.6 is 0 Å². The molecule has 4 heteroatoms. The molecule has 4 nitrogen and oxygen atoms in total. The van der Waals surface area contributed by atoms with Gasteiger partial charge in [0.2, 0.25) is 0 Å². The molecular formula is C15H16N4. The Bertz CT molecular complexity index is 551. The van der Waals surface area contributed by atoms with E-state index in [-0.39, 0.29) is 18.0 Å². The Hall–Kier alpha value is -1.88. The van der Waals surface area contributed by atoms with Crippen molar-refractivity contribution in [2.45, 2.75) is 25.4 Å². The third-order valence-electron chi connectivity index (χ3n) is 4.13. The highest BCUT2D eigenvalue weighted by Gasteiger charge is 2.50. The Balaban J connectivity index is 2.01. The summed E-state index contributed by atoms with van der Waals surface area (Å²) in [6.07, 6.45) is 1.07. The molecule has 0 saturated carbocycles. The van der Waals surface area contributed by atoms with Gasteiger partial charge < -0.3 is 0 Å². The lowest BCUT2D eigenvalue weighted by molar-refractivity contribution is 0.0383. The number of rotatable bonds is 1. The van der Waals surface area contributed by atoms with Crippen LogP contribution in [0.25, 0.3) is 0 Å². The summed E-state index contributed by atoms with van der Waals surface area (Å²) in [5.74, 6) is -0.270. The fraction of sp³-hybridized carbons (Fsp3) is 0.467. The second-order valence-corrected chi connectivity index (χ2v) is 5.26. The molecule has 0 amide bonds. The number of benzene rings is 1. The molecule has 0 aliphatic carbocycles. The number of fused-ring (bicyclic) bond motifs is 1. The van der Waals surface area contributed by atoms with Crippen molar-refractivity contribution >= 4 is 0 Å². The Morgan fingerprint density at radius 1 is 1.05 bits per heavy atom. The largest absolute Gasteiger partial charge is 0.232 e. The molecule has 0 N–H and O–H groups in total. The van der Waals surface area contributed by atoms with Gasteiger partial charge in [-0.25, -0.2) is 10.0 Å². The average Bonchev–Trinajstić information content (AvgIpc) is 2.98. The van der Waals surface area contributed by atoms with E-state index >= 15 is 0 Å². The molecule has 0 spiro atoms. The molecule has 0 bridgehead atoms. The van der Waals surface area contributed by atoms with Crippen LogP contribution in [0.5, 0.6) is 0 Å². The van der Waals surface area contributed by atoms with E-state index in [1.54, 1.807) is 0 Å². The van der Waals surface area contributed by atoms with E-state index < -0.39 is 0 Å². The lowest BCUT2D eigenvalue weighted by Gasteiger charge is -2.25.